The molecule has 0 atom stereocenters. The Balaban J connectivity index is 1.97. The van der Waals surface area contributed by atoms with Crippen molar-refractivity contribution >= 4 is 39.1 Å². The van der Waals surface area contributed by atoms with Crippen LogP contribution in [-0.4, -0.2) is 17.0 Å². The summed E-state index contributed by atoms with van der Waals surface area (Å²) in [6.45, 7) is 0.373. The molecule has 94 valence electrons. The van der Waals surface area contributed by atoms with Crippen LogP contribution in [0.5, 0.6) is 0 Å². The molecule has 18 heavy (non-hydrogen) atoms. The number of carboxylic acid groups (broad SMARTS) is 1. The minimum Gasteiger partial charge on any atom is -0.475 e. The lowest BCUT2D eigenvalue weighted by atomic mass is 10.4. The molecule has 2 N–H and O–H groups in total. The fraction of sp³-hybridized carbons (Fsp3) is 0.0909. The van der Waals surface area contributed by atoms with Gasteiger partial charge in [-0.05, 0) is 34.1 Å². The van der Waals surface area contributed by atoms with Gasteiger partial charge < -0.3 is 14.8 Å². The van der Waals surface area contributed by atoms with Crippen LogP contribution in [0.3, 0.4) is 0 Å². The van der Waals surface area contributed by atoms with Crippen LogP contribution in [-0.2, 0) is 6.54 Å². The number of thiophene rings is 1. The number of amides is 1. The molecule has 0 unspecified atom stereocenters. The Kier molecular flexibility index (Phi) is 3.83. The molecule has 0 aliphatic rings. The average Bonchev–Trinajstić information content (AvgIpc) is 2.94. The Morgan fingerprint density at radius 3 is 2.67 bits per heavy atom. The quantitative estimate of drug-likeness (QED) is 0.903. The SMILES string of the molecule is O=C(O)c1ccc(C(=O)NCc2cc(Br)cs2)o1. The summed E-state index contributed by atoms with van der Waals surface area (Å²) in [6.07, 6.45) is 0. The zero-order chi connectivity index (χ0) is 13.1. The minimum absolute atomic E-state index is 0.0111. The second kappa shape index (κ2) is 5.36. The highest BCUT2D eigenvalue weighted by atomic mass is 79.9. The number of furan rings is 1. The molecule has 0 spiro atoms. The largest absolute Gasteiger partial charge is 0.475 e. The van der Waals surface area contributed by atoms with E-state index in [4.69, 9.17) is 9.52 Å². The average molecular weight is 330 g/mol. The summed E-state index contributed by atoms with van der Waals surface area (Å²) in [6, 6.07) is 4.48. The third-order valence-electron chi connectivity index (χ3n) is 2.09. The monoisotopic (exact) mass is 329 g/mol. The van der Waals surface area contributed by atoms with Gasteiger partial charge in [0.1, 0.15) is 0 Å². The molecule has 0 aliphatic carbocycles. The van der Waals surface area contributed by atoms with Crippen LogP contribution in [0.1, 0.15) is 26.0 Å². The Bertz CT molecular complexity index is 589. The van der Waals surface area contributed by atoms with Gasteiger partial charge in [-0.3, -0.25) is 4.79 Å². The number of halogens is 1. The second-order valence-electron chi connectivity index (χ2n) is 3.38. The number of hydrogen-bond donors (Lipinski definition) is 2. The van der Waals surface area contributed by atoms with Gasteiger partial charge in [-0.25, -0.2) is 4.79 Å². The van der Waals surface area contributed by atoms with E-state index in [2.05, 4.69) is 21.2 Å². The Morgan fingerprint density at radius 1 is 1.39 bits per heavy atom. The van der Waals surface area contributed by atoms with Crippen LogP contribution in [0, 0.1) is 0 Å². The molecule has 1 amide bonds. The van der Waals surface area contributed by atoms with E-state index < -0.39 is 11.9 Å². The van der Waals surface area contributed by atoms with Crippen LogP contribution in [0.2, 0.25) is 0 Å². The molecule has 5 nitrogen and oxygen atoms in total. The predicted molar refractivity (Wildman–Crippen MR) is 68.9 cm³/mol. The standard InChI is InChI=1S/C11H8BrNO4S/c12-6-3-7(18-5-6)4-13-10(14)8-1-2-9(17-8)11(15)16/h1-3,5H,4H2,(H,13,14)(H,15,16). The van der Waals surface area contributed by atoms with Crippen molar-refractivity contribution in [2.24, 2.45) is 0 Å². The maximum Gasteiger partial charge on any atom is 0.371 e. The van der Waals surface area contributed by atoms with Crippen molar-refractivity contribution in [3.05, 3.63) is 44.4 Å². The number of nitrogens with one attached hydrogen (secondary N) is 1. The van der Waals surface area contributed by atoms with Gasteiger partial charge >= 0.3 is 5.97 Å². The summed E-state index contributed by atoms with van der Waals surface area (Å²) in [5, 5.41) is 13.2. The third-order valence-corrected chi connectivity index (χ3v) is 3.78. The maximum atomic E-state index is 11.7. The molecule has 2 aromatic heterocycles. The molecule has 0 aromatic carbocycles. The summed E-state index contributed by atoms with van der Waals surface area (Å²) in [4.78, 5) is 23.2. The fourth-order valence-electron chi connectivity index (χ4n) is 1.28. The van der Waals surface area contributed by atoms with E-state index in [1.54, 1.807) is 0 Å². The molecule has 0 saturated carbocycles. The van der Waals surface area contributed by atoms with Gasteiger partial charge in [0.25, 0.3) is 5.91 Å². The van der Waals surface area contributed by atoms with E-state index in [9.17, 15) is 9.59 Å². The van der Waals surface area contributed by atoms with Gasteiger partial charge in [0, 0.05) is 14.7 Å². The third kappa shape index (κ3) is 2.99. The summed E-state index contributed by atoms with van der Waals surface area (Å²) in [7, 11) is 0. The highest BCUT2D eigenvalue weighted by molar-refractivity contribution is 9.10. The van der Waals surface area contributed by atoms with Crippen molar-refractivity contribution in [1.29, 1.82) is 0 Å². The fourth-order valence-corrected chi connectivity index (χ4v) is 2.67. The summed E-state index contributed by atoms with van der Waals surface area (Å²) in [5.41, 5.74) is 0. The zero-order valence-electron chi connectivity index (χ0n) is 8.97. The Labute approximate surface area is 115 Å². The molecule has 0 bridgehead atoms. The van der Waals surface area contributed by atoms with E-state index in [0.717, 1.165) is 9.35 Å². The van der Waals surface area contributed by atoms with Crippen LogP contribution < -0.4 is 5.32 Å². The normalized spacial score (nSPS) is 10.3. The number of carbonyl (C=O) groups is 2. The summed E-state index contributed by atoms with van der Waals surface area (Å²) in [5.74, 6) is -1.90. The van der Waals surface area contributed by atoms with Crippen molar-refractivity contribution in [3.63, 3.8) is 0 Å². The highest BCUT2D eigenvalue weighted by Gasteiger charge is 2.14. The molecule has 0 saturated heterocycles. The lowest BCUT2D eigenvalue weighted by molar-refractivity contribution is 0.0659. The first-order chi connectivity index (χ1) is 8.56. The van der Waals surface area contributed by atoms with E-state index in [1.165, 1.54) is 23.5 Å². The highest BCUT2D eigenvalue weighted by Crippen LogP contribution is 2.19. The van der Waals surface area contributed by atoms with Gasteiger partial charge in [0.2, 0.25) is 5.76 Å². The first-order valence-electron chi connectivity index (χ1n) is 4.90. The van der Waals surface area contributed by atoms with Crippen LogP contribution in [0.15, 0.2) is 32.5 Å². The number of hydrogen-bond acceptors (Lipinski definition) is 4. The molecular formula is C11H8BrNO4S. The van der Waals surface area contributed by atoms with Gasteiger partial charge in [0.15, 0.2) is 5.76 Å². The van der Waals surface area contributed by atoms with E-state index >= 15 is 0 Å². The lowest BCUT2D eigenvalue weighted by Crippen LogP contribution is -2.21. The van der Waals surface area contributed by atoms with Gasteiger partial charge in [-0.2, -0.15) is 0 Å². The van der Waals surface area contributed by atoms with Gasteiger partial charge in [0.05, 0.1) is 6.54 Å². The van der Waals surface area contributed by atoms with Crippen molar-refractivity contribution in [2.75, 3.05) is 0 Å². The van der Waals surface area contributed by atoms with Crippen molar-refractivity contribution in [3.8, 4) is 0 Å². The molecule has 2 heterocycles. The molecular weight excluding hydrogens is 322 g/mol. The first kappa shape index (κ1) is 12.8. The second-order valence-corrected chi connectivity index (χ2v) is 5.29. The first-order valence-corrected chi connectivity index (χ1v) is 6.58. The van der Waals surface area contributed by atoms with E-state index in [1.807, 2.05) is 11.4 Å². The van der Waals surface area contributed by atoms with Crippen LogP contribution in [0.25, 0.3) is 0 Å². The molecule has 2 aromatic rings. The summed E-state index contributed by atoms with van der Waals surface area (Å²) < 4.78 is 5.84. The smallest absolute Gasteiger partial charge is 0.371 e. The number of carbonyl (C=O) groups excluding carboxylic acids is 1. The van der Waals surface area contributed by atoms with Gasteiger partial charge in [-0.1, -0.05) is 0 Å². The Hall–Kier alpha value is -1.60. The Morgan fingerprint density at radius 2 is 2.11 bits per heavy atom. The molecule has 7 heteroatoms. The minimum atomic E-state index is -1.20. The number of rotatable bonds is 4. The van der Waals surface area contributed by atoms with Crippen LogP contribution in [0.4, 0.5) is 0 Å². The molecule has 0 radical (unpaired) electrons. The number of carboxylic acids is 1. The van der Waals surface area contributed by atoms with E-state index in [0.29, 0.717) is 6.54 Å². The van der Waals surface area contributed by atoms with Gasteiger partial charge in [-0.15, -0.1) is 11.3 Å². The topological polar surface area (TPSA) is 79.5 Å². The number of aromatic carboxylic acids is 1. The lowest BCUT2D eigenvalue weighted by Gasteiger charge is -2.00. The molecule has 0 aliphatic heterocycles. The molecule has 2 rings (SSSR count). The van der Waals surface area contributed by atoms with Crippen LogP contribution >= 0.6 is 27.3 Å². The predicted octanol–water partition coefficient (Wildman–Crippen LogP) is 2.73. The van der Waals surface area contributed by atoms with Crippen molar-refractivity contribution in [2.45, 2.75) is 6.54 Å². The van der Waals surface area contributed by atoms with Crippen molar-refractivity contribution in [1.82, 2.24) is 5.32 Å². The van der Waals surface area contributed by atoms with E-state index in [-0.39, 0.29) is 11.5 Å². The van der Waals surface area contributed by atoms with Crippen molar-refractivity contribution < 1.29 is 19.1 Å². The zero-order valence-corrected chi connectivity index (χ0v) is 11.4. The molecule has 0 fully saturated rings. The summed E-state index contributed by atoms with van der Waals surface area (Å²) >= 11 is 4.83. The maximum absolute atomic E-state index is 11.7.